The van der Waals surface area contributed by atoms with E-state index in [1.165, 1.54) is 32.8 Å². The summed E-state index contributed by atoms with van der Waals surface area (Å²) in [5.41, 5.74) is 1.90. The first-order valence-electron chi connectivity index (χ1n) is 9.96. The number of methoxy groups -OCH3 is 1. The summed E-state index contributed by atoms with van der Waals surface area (Å²) in [6.07, 6.45) is 5.45. The van der Waals surface area contributed by atoms with E-state index in [9.17, 15) is 8.78 Å². The highest BCUT2D eigenvalue weighted by Gasteiger charge is 2.21. The number of alkyl halides is 2. The summed E-state index contributed by atoms with van der Waals surface area (Å²) in [4.78, 5) is 8.97. The van der Waals surface area contributed by atoms with Gasteiger partial charge >= 0.3 is 0 Å². The molecule has 154 valence electrons. The molecule has 2 aromatic rings. The van der Waals surface area contributed by atoms with E-state index in [1.807, 2.05) is 18.2 Å². The molecule has 0 aliphatic carbocycles. The quantitative estimate of drug-likeness (QED) is 0.431. The zero-order valence-corrected chi connectivity index (χ0v) is 16.7. The van der Waals surface area contributed by atoms with Crippen molar-refractivity contribution in [1.82, 2.24) is 9.97 Å². The Kier molecular flexibility index (Phi) is 9.83. The number of benzene rings is 1. The minimum Gasteiger partial charge on any atom is -0.490 e. The van der Waals surface area contributed by atoms with Crippen LogP contribution in [0.3, 0.4) is 0 Å². The van der Waals surface area contributed by atoms with Crippen molar-refractivity contribution in [2.45, 2.75) is 57.8 Å². The molecule has 0 aliphatic heterocycles. The van der Waals surface area contributed by atoms with Gasteiger partial charge < -0.3 is 9.47 Å². The fourth-order valence-corrected chi connectivity index (χ4v) is 2.83. The van der Waals surface area contributed by atoms with Crippen molar-refractivity contribution in [3.05, 3.63) is 42.2 Å². The Morgan fingerprint density at radius 1 is 0.929 bits per heavy atom. The van der Waals surface area contributed by atoms with Gasteiger partial charge in [0, 0.05) is 24.6 Å². The van der Waals surface area contributed by atoms with Crippen LogP contribution in [0.5, 0.6) is 5.75 Å². The second-order valence-electron chi connectivity index (χ2n) is 6.86. The molecular weight excluding hydrogens is 362 g/mol. The van der Waals surface area contributed by atoms with E-state index in [1.54, 1.807) is 18.3 Å². The van der Waals surface area contributed by atoms with E-state index in [0.717, 1.165) is 24.1 Å². The maximum Gasteiger partial charge on any atom is 0.167 e. The number of rotatable bonds is 13. The van der Waals surface area contributed by atoms with Crippen molar-refractivity contribution in [2.75, 3.05) is 20.3 Å². The van der Waals surface area contributed by atoms with Crippen molar-refractivity contribution >= 4 is 0 Å². The van der Waals surface area contributed by atoms with Crippen LogP contribution in [0.2, 0.25) is 0 Å². The van der Waals surface area contributed by atoms with Gasteiger partial charge in [-0.25, -0.2) is 18.7 Å². The number of hydrogen-bond acceptors (Lipinski definition) is 4. The molecule has 2 atom stereocenters. The van der Waals surface area contributed by atoms with E-state index in [4.69, 9.17) is 4.74 Å². The summed E-state index contributed by atoms with van der Waals surface area (Å²) in [5.74, 6) is 1.13. The van der Waals surface area contributed by atoms with Crippen molar-refractivity contribution in [3.63, 3.8) is 0 Å². The van der Waals surface area contributed by atoms with E-state index in [-0.39, 0.29) is 13.2 Å². The monoisotopic (exact) mass is 392 g/mol. The zero-order valence-electron chi connectivity index (χ0n) is 16.7. The first-order valence-corrected chi connectivity index (χ1v) is 9.96. The van der Waals surface area contributed by atoms with Crippen LogP contribution < -0.4 is 4.74 Å². The van der Waals surface area contributed by atoms with Gasteiger partial charge in [0.2, 0.25) is 0 Å². The smallest absolute Gasteiger partial charge is 0.167 e. The number of unbranched alkanes of at least 4 members (excludes halogenated alkanes) is 4. The van der Waals surface area contributed by atoms with Crippen molar-refractivity contribution in [2.24, 2.45) is 0 Å². The molecule has 0 fully saturated rings. The Morgan fingerprint density at radius 2 is 1.64 bits per heavy atom. The third-order valence-corrected chi connectivity index (χ3v) is 4.49. The molecule has 0 bridgehead atoms. The minimum atomic E-state index is -1.73. The van der Waals surface area contributed by atoms with Crippen LogP contribution in [0.15, 0.2) is 36.5 Å². The van der Waals surface area contributed by atoms with Crippen molar-refractivity contribution in [3.8, 4) is 17.1 Å². The number of hydrogen-bond donors (Lipinski definition) is 0. The second-order valence-corrected chi connectivity index (χ2v) is 6.86. The van der Waals surface area contributed by atoms with Crippen LogP contribution in [-0.2, 0) is 11.2 Å². The predicted octanol–water partition coefficient (Wildman–Crippen LogP) is 5.36. The molecule has 0 saturated heterocycles. The standard InChI is InChI=1S/C22H30F2N2O2/c1-3-4-5-6-7-8-18-13-14-25-22(26-18)17-9-11-19(12-10-17)28-16-21(24)20(23)15-27-2/h9-14,20-21H,3-8,15-16H2,1-2H3/t20-,21-/m1/s1. The predicted molar refractivity (Wildman–Crippen MR) is 107 cm³/mol. The Morgan fingerprint density at radius 3 is 2.36 bits per heavy atom. The van der Waals surface area contributed by atoms with Gasteiger partial charge in [0.05, 0.1) is 6.61 Å². The fourth-order valence-electron chi connectivity index (χ4n) is 2.83. The summed E-state index contributed by atoms with van der Waals surface area (Å²) in [5, 5.41) is 0. The number of aromatic nitrogens is 2. The van der Waals surface area contributed by atoms with Crippen LogP contribution in [0, 0.1) is 0 Å². The van der Waals surface area contributed by atoms with E-state index >= 15 is 0 Å². The fraction of sp³-hybridized carbons (Fsp3) is 0.545. The van der Waals surface area contributed by atoms with E-state index in [2.05, 4.69) is 21.6 Å². The molecule has 6 heteroatoms. The number of aryl methyl sites for hydroxylation is 1. The van der Waals surface area contributed by atoms with Crippen molar-refractivity contribution < 1.29 is 18.3 Å². The lowest BCUT2D eigenvalue weighted by molar-refractivity contribution is 0.0463. The molecule has 0 radical (unpaired) electrons. The Balaban J connectivity index is 1.87. The maximum absolute atomic E-state index is 13.6. The highest BCUT2D eigenvalue weighted by molar-refractivity contribution is 5.56. The van der Waals surface area contributed by atoms with Crippen molar-refractivity contribution in [1.29, 1.82) is 0 Å². The lowest BCUT2D eigenvalue weighted by Gasteiger charge is -2.14. The average molecular weight is 392 g/mol. The molecule has 0 N–H and O–H groups in total. The van der Waals surface area contributed by atoms with Crippen LogP contribution >= 0.6 is 0 Å². The molecule has 2 rings (SSSR count). The second kappa shape index (κ2) is 12.4. The molecule has 0 saturated carbocycles. The lowest BCUT2D eigenvalue weighted by atomic mass is 10.1. The van der Waals surface area contributed by atoms with E-state index in [0.29, 0.717) is 11.6 Å². The van der Waals surface area contributed by atoms with Gasteiger partial charge in [-0.05, 0) is 43.2 Å². The average Bonchev–Trinajstić information content (AvgIpc) is 2.72. The molecule has 1 heterocycles. The third kappa shape index (κ3) is 7.50. The Labute approximate surface area is 166 Å². The Bertz CT molecular complexity index is 682. The third-order valence-electron chi connectivity index (χ3n) is 4.49. The van der Waals surface area contributed by atoms with Gasteiger partial charge in [0.15, 0.2) is 18.2 Å². The summed E-state index contributed by atoms with van der Waals surface area (Å²) < 4.78 is 36.9. The van der Waals surface area contributed by atoms with Gasteiger partial charge in [0.1, 0.15) is 12.4 Å². The number of nitrogens with zero attached hydrogens (tertiary/aromatic N) is 2. The van der Waals surface area contributed by atoms with Gasteiger partial charge in [-0.2, -0.15) is 0 Å². The highest BCUT2D eigenvalue weighted by Crippen LogP contribution is 2.20. The molecule has 0 unspecified atom stereocenters. The molecule has 0 aliphatic rings. The molecule has 4 nitrogen and oxygen atoms in total. The van der Waals surface area contributed by atoms with Gasteiger partial charge in [0.25, 0.3) is 0 Å². The summed E-state index contributed by atoms with van der Waals surface area (Å²) in [6, 6.07) is 9.03. The maximum atomic E-state index is 13.6. The topological polar surface area (TPSA) is 44.2 Å². The van der Waals surface area contributed by atoms with Crippen LogP contribution in [0.25, 0.3) is 11.4 Å². The van der Waals surface area contributed by atoms with Crippen LogP contribution in [-0.4, -0.2) is 42.6 Å². The summed E-state index contributed by atoms with van der Waals surface area (Å²) in [6.45, 7) is 1.58. The summed E-state index contributed by atoms with van der Waals surface area (Å²) in [7, 11) is 1.34. The molecule has 1 aromatic heterocycles. The van der Waals surface area contributed by atoms with Crippen LogP contribution in [0.4, 0.5) is 8.78 Å². The largest absolute Gasteiger partial charge is 0.490 e. The minimum absolute atomic E-state index is 0.282. The first kappa shape index (κ1) is 22.2. The van der Waals surface area contributed by atoms with Gasteiger partial charge in [-0.1, -0.05) is 32.6 Å². The first-order chi connectivity index (χ1) is 13.6. The SMILES string of the molecule is CCCCCCCc1ccnc(-c2ccc(OC[C@@H](F)[C@H](F)COC)cc2)n1. The van der Waals surface area contributed by atoms with Gasteiger partial charge in [-0.15, -0.1) is 0 Å². The zero-order chi connectivity index (χ0) is 20.2. The van der Waals surface area contributed by atoms with Gasteiger partial charge in [-0.3, -0.25) is 0 Å². The van der Waals surface area contributed by atoms with Crippen LogP contribution in [0.1, 0.15) is 44.7 Å². The normalized spacial score (nSPS) is 13.3. The molecule has 0 spiro atoms. The lowest BCUT2D eigenvalue weighted by Crippen LogP contribution is -2.28. The molecule has 0 amide bonds. The number of ether oxygens (including phenoxy) is 2. The number of halogens is 2. The Hall–Kier alpha value is -2.08. The highest BCUT2D eigenvalue weighted by atomic mass is 19.2. The molecule has 1 aromatic carbocycles. The van der Waals surface area contributed by atoms with E-state index < -0.39 is 12.3 Å². The molecular formula is C22H30F2N2O2. The summed E-state index contributed by atoms with van der Waals surface area (Å²) >= 11 is 0. The molecule has 28 heavy (non-hydrogen) atoms.